The number of aryl methyl sites for hydroxylation is 1. The van der Waals surface area contributed by atoms with Crippen molar-refractivity contribution in [2.45, 2.75) is 82.6 Å². The van der Waals surface area contributed by atoms with Gasteiger partial charge in [-0.3, -0.25) is 4.79 Å². The first kappa shape index (κ1) is 17.4. The molecule has 2 heterocycles. The number of nitrogens with one attached hydrogen (secondary N) is 1. The first-order valence-electron chi connectivity index (χ1n) is 9.26. The van der Waals surface area contributed by atoms with Gasteiger partial charge in [0.2, 0.25) is 5.91 Å². The maximum absolute atomic E-state index is 12.5. The zero-order chi connectivity index (χ0) is 17.0. The van der Waals surface area contributed by atoms with Crippen LogP contribution in [0.15, 0.2) is 12.4 Å². The number of aliphatic hydroxyl groups is 1. The molecule has 0 spiro atoms. The Hall–Kier alpha value is -1.40. The van der Waals surface area contributed by atoms with Crippen LogP contribution in [0.3, 0.4) is 0 Å². The van der Waals surface area contributed by atoms with Crippen molar-refractivity contribution >= 4 is 5.91 Å². The second-order valence-electron chi connectivity index (χ2n) is 7.14. The Kier molecular flexibility index (Phi) is 5.56. The molecule has 0 aromatic carbocycles. The summed E-state index contributed by atoms with van der Waals surface area (Å²) in [5.41, 5.74) is -0.824. The highest BCUT2D eigenvalue weighted by atomic mass is 16.5. The molecule has 0 bridgehead atoms. The number of imidazole rings is 1. The normalized spacial score (nSPS) is 26.9. The fourth-order valence-corrected chi connectivity index (χ4v) is 3.97. The fourth-order valence-electron chi connectivity index (χ4n) is 3.97. The molecule has 2 fully saturated rings. The highest BCUT2D eigenvalue weighted by Gasteiger charge is 2.35. The molecule has 1 amide bonds. The second-order valence-corrected chi connectivity index (χ2v) is 7.14. The Morgan fingerprint density at radius 3 is 2.96 bits per heavy atom. The van der Waals surface area contributed by atoms with E-state index >= 15 is 0 Å². The smallest absolute Gasteiger partial charge is 0.223 e. The Morgan fingerprint density at radius 1 is 1.42 bits per heavy atom. The summed E-state index contributed by atoms with van der Waals surface area (Å²) in [6.07, 6.45) is 10.1. The lowest BCUT2D eigenvalue weighted by Gasteiger charge is -2.35. The van der Waals surface area contributed by atoms with Crippen LogP contribution < -0.4 is 5.32 Å². The summed E-state index contributed by atoms with van der Waals surface area (Å²) in [4.78, 5) is 16.9. The van der Waals surface area contributed by atoms with Crippen molar-refractivity contribution in [2.75, 3.05) is 6.61 Å². The number of rotatable bonds is 5. The highest BCUT2D eigenvalue weighted by Crippen LogP contribution is 2.32. The number of carbonyl (C=O) groups excluding carboxylic acids is 1. The molecule has 1 aliphatic carbocycles. The van der Waals surface area contributed by atoms with E-state index in [1.807, 2.05) is 6.20 Å². The maximum atomic E-state index is 12.5. The van der Waals surface area contributed by atoms with E-state index in [0.29, 0.717) is 6.61 Å². The molecule has 1 saturated heterocycles. The Bertz CT molecular complexity index is 551. The SMILES string of the molecule is CCn1ccnc1[C@@H]1OCCC[C@H]1NC(=O)CC1(O)CCCCC1. The molecule has 134 valence electrons. The van der Waals surface area contributed by atoms with Crippen molar-refractivity contribution in [1.29, 1.82) is 0 Å². The molecule has 1 aromatic heterocycles. The highest BCUT2D eigenvalue weighted by molar-refractivity contribution is 5.77. The van der Waals surface area contributed by atoms with Gasteiger partial charge in [-0.15, -0.1) is 0 Å². The molecule has 6 nitrogen and oxygen atoms in total. The topological polar surface area (TPSA) is 76.4 Å². The maximum Gasteiger partial charge on any atom is 0.223 e. The molecule has 1 saturated carbocycles. The number of aromatic nitrogens is 2. The third kappa shape index (κ3) is 3.98. The Labute approximate surface area is 143 Å². The third-order valence-electron chi connectivity index (χ3n) is 5.29. The van der Waals surface area contributed by atoms with E-state index in [4.69, 9.17) is 4.74 Å². The molecule has 2 N–H and O–H groups in total. The predicted octanol–water partition coefficient (Wildman–Crippen LogP) is 2.32. The number of nitrogens with zero attached hydrogens (tertiary/aromatic N) is 2. The van der Waals surface area contributed by atoms with Crippen molar-refractivity contribution in [1.82, 2.24) is 14.9 Å². The first-order chi connectivity index (χ1) is 11.6. The zero-order valence-electron chi connectivity index (χ0n) is 14.5. The monoisotopic (exact) mass is 335 g/mol. The van der Waals surface area contributed by atoms with Crippen LogP contribution in [-0.2, 0) is 16.1 Å². The average molecular weight is 335 g/mol. The summed E-state index contributed by atoms with van der Waals surface area (Å²) in [5.74, 6) is 0.799. The van der Waals surface area contributed by atoms with Gasteiger partial charge in [0, 0.05) is 25.5 Å². The molecule has 0 unspecified atom stereocenters. The van der Waals surface area contributed by atoms with E-state index < -0.39 is 5.60 Å². The van der Waals surface area contributed by atoms with Crippen LogP contribution in [0.5, 0.6) is 0 Å². The lowest BCUT2D eigenvalue weighted by atomic mass is 9.82. The second kappa shape index (κ2) is 7.66. The van der Waals surface area contributed by atoms with E-state index in [0.717, 1.165) is 57.3 Å². The van der Waals surface area contributed by atoms with Gasteiger partial charge in [-0.1, -0.05) is 19.3 Å². The van der Waals surface area contributed by atoms with Gasteiger partial charge in [0.05, 0.1) is 18.1 Å². The summed E-state index contributed by atoms with van der Waals surface area (Å²) in [6.45, 7) is 3.59. The number of carbonyl (C=O) groups is 1. The number of hydrogen-bond acceptors (Lipinski definition) is 4. The van der Waals surface area contributed by atoms with Gasteiger partial charge in [-0.2, -0.15) is 0 Å². The van der Waals surface area contributed by atoms with Crippen LogP contribution in [0, 0.1) is 0 Å². The predicted molar refractivity (Wildman–Crippen MR) is 90.4 cm³/mol. The molecule has 6 heteroatoms. The fraction of sp³-hybridized carbons (Fsp3) is 0.778. The van der Waals surface area contributed by atoms with E-state index in [9.17, 15) is 9.90 Å². The van der Waals surface area contributed by atoms with Gasteiger partial charge in [0.1, 0.15) is 11.9 Å². The molecular weight excluding hydrogens is 306 g/mol. The van der Waals surface area contributed by atoms with Gasteiger partial charge in [0.15, 0.2) is 0 Å². The summed E-state index contributed by atoms with van der Waals surface area (Å²) in [6, 6.07) is -0.0776. The van der Waals surface area contributed by atoms with Gasteiger partial charge < -0.3 is 19.7 Å². The van der Waals surface area contributed by atoms with E-state index in [2.05, 4.69) is 21.8 Å². The lowest BCUT2D eigenvalue weighted by Crippen LogP contribution is -2.46. The van der Waals surface area contributed by atoms with Crippen LogP contribution in [0.2, 0.25) is 0 Å². The molecule has 1 aliphatic heterocycles. The lowest BCUT2D eigenvalue weighted by molar-refractivity contribution is -0.130. The minimum Gasteiger partial charge on any atom is -0.389 e. The summed E-state index contributed by atoms with van der Waals surface area (Å²) in [7, 11) is 0. The zero-order valence-corrected chi connectivity index (χ0v) is 14.5. The van der Waals surface area contributed by atoms with Crippen LogP contribution in [0.1, 0.15) is 70.2 Å². The molecule has 0 radical (unpaired) electrons. The van der Waals surface area contributed by atoms with E-state index in [1.165, 1.54) is 0 Å². The van der Waals surface area contributed by atoms with Crippen LogP contribution in [-0.4, -0.2) is 38.8 Å². The van der Waals surface area contributed by atoms with Gasteiger partial charge in [-0.25, -0.2) is 4.98 Å². The van der Waals surface area contributed by atoms with Crippen molar-refractivity contribution < 1.29 is 14.6 Å². The third-order valence-corrected chi connectivity index (χ3v) is 5.29. The van der Waals surface area contributed by atoms with Crippen molar-refractivity contribution in [3.8, 4) is 0 Å². The number of hydrogen-bond donors (Lipinski definition) is 2. The van der Waals surface area contributed by atoms with Crippen LogP contribution in [0.4, 0.5) is 0 Å². The Morgan fingerprint density at radius 2 is 2.21 bits per heavy atom. The van der Waals surface area contributed by atoms with E-state index in [-0.39, 0.29) is 24.5 Å². The quantitative estimate of drug-likeness (QED) is 0.866. The standard InChI is InChI=1S/C18H29N3O3/c1-2-21-11-10-19-17(21)16-14(7-6-12-24-16)20-15(22)13-18(23)8-4-3-5-9-18/h10-11,14,16,23H,2-9,12-13H2,1H3,(H,20,22)/t14-,16-/m1/s1. The van der Waals surface area contributed by atoms with Crippen molar-refractivity contribution in [3.63, 3.8) is 0 Å². The average Bonchev–Trinajstić information content (AvgIpc) is 3.04. The minimum absolute atomic E-state index is 0.0745. The molecule has 2 aliphatic rings. The van der Waals surface area contributed by atoms with Crippen LogP contribution >= 0.6 is 0 Å². The van der Waals surface area contributed by atoms with Crippen molar-refractivity contribution in [2.24, 2.45) is 0 Å². The minimum atomic E-state index is -0.824. The molecule has 3 rings (SSSR count). The largest absolute Gasteiger partial charge is 0.389 e. The molecule has 1 aromatic rings. The number of amides is 1. The van der Waals surface area contributed by atoms with E-state index in [1.54, 1.807) is 6.20 Å². The van der Waals surface area contributed by atoms with Gasteiger partial charge >= 0.3 is 0 Å². The van der Waals surface area contributed by atoms with Gasteiger partial charge in [0.25, 0.3) is 0 Å². The molecular formula is C18H29N3O3. The molecule has 2 atom stereocenters. The number of ether oxygens (including phenoxy) is 1. The summed E-state index contributed by atoms with van der Waals surface area (Å²) < 4.78 is 7.99. The van der Waals surface area contributed by atoms with Gasteiger partial charge in [-0.05, 0) is 32.6 Å². The summed E-state index contributed by atoms with van der Waals surface area (Å²) >= 11 is 0. The van der Waals surface area contributed by atoms with Crippen LogP contribution in [0.25, 0.3) is 0 Å². The Balaban J connectivity index is 1.64. The summed E-state index contributed by atoms with van der Waals surface area (Å²) in [5, 5.41) is 13.7. The first-order valence-corrected chi connectivity index (χ1v) is 9.26. The molecule has 24 heavy (non-hydrogen) atoms. The van der Waals surface area contributed by atoms with Crippen molar-refractivity contribution in [3.05, 3.63) is 18.2 Å².